The number of benzene rings is 1. The number of hydrogen-bond acceptors (Lipinski definition) is 3. The Morgan fingerprint density at radius 1 is 1.41 bits per heavy atom. The van der Waals surface area contributed by atoms with Crippen LogP contribution in [0.3, 0.4) is 0 Å². The summed E-state index contributed by atoms with van der Waals surface area (Å²) < 4.78 is 5.23. The minimum Gasteiger partial charge on any atom is -0.466 e. The third-order valence-corrected chi connectivity index (χ3v) is 5.08. The molecule has 0 heterocycles. The molecule has 0 unspecified atom stereocenters. The quantitative estimate of drug-likeness (QED) is 0.705. The molecule has 1 aliphatic rings. The zero-order valence-corrected chi connectivity index (χ0v) is 14.6. The predicted octanol–water partition coefficient (Wildman–Crippen LogP) is 4.17. The van der Waals surface area contributed by atoms with Crippen molar-refractivity contribution < 1.29 is 9.53 Å². The van der Waals surface area contributed by atoms with E-state index < -0.39 is 0 Å². The fraction of sp³-hybridized carbons (Fsp3) is 0.611. The van der Waals surface area contributed by atoms with E-state index in [0.717, 1.165) is 37.3 Å². The molecule has 1 aromatic rings. The summed E-state index contributed by atoms with van der Waals surface area (Å²) in [5.41, 5.74) is 2.12. The molecule has 0 N–H and O–H groups in total. The molecule has 0 bridgehead atoms. The van der Waals surface area contributed by atoms with Crippen LogP contribution in [0.15, 0.2) is 18.2 Å². The van der Waals surface area contributed by atoms with Gasteiger partial charge in [-0.1, -0.05) is 37.1 Å². The Bertz CT molecular complexity index is 532. The highest BCUT2D eigenvalue weighted by Crippen LogP contribution is 2.46. The van der Waals surface area contributed by atoms with Crippen molar-refractivity contribution in [3.8, 4) is 0 Å². The van der Waals surface area contributed by atoms with Crippen molar-refractivity contribution in [2.24, 2.45) is 0 Å². The summed E-state index contributed by atoms with van der Waals surface area (Å²) in [5, 5.41) is 0.812. The minimum atomic E-state index is -0.276. The molecule has 22 heavy (non-hydrogen) atoms. The molecule has 0 aromatic heterocycles. The van der Waals surface area contributed by atoms with E-state index in [1.165, 1.54) is 11.1 Å². The van der Waals surface area contributed by atoms with Gasteiger partial charge in [-0.2, -0.15) is 0 Å². The highest BCUT2D eigenvalue weighted by atomic mass is 35.5. The third kappa shape index (κ3) is 3.31. The van der Waals surface area contributed by atoms with E-state index in [1.54, 1.807) is 0 Å². The monoisotopic (exact) mass is 323 g/mol. The first kappa shape index (κ1) is 17.3. The maximum absolute atomic E-state index is 12.2. The van der Waals surface area contributed by atoms with Gasteiger partial charge in [-0.15, -0.1) is 0 Å². The second-order valence-corrected chi connectivity index (χ2v) is 6.46. The molecule has 1 aromatic carbocycles. The average Bonchev–Trinajstić information content (AvgIpc) is 2.86. The number of carbonyl (C=O) groups is 1. The Balaban J connectivity index is 2.36. The van der Waals surface area contributed by atoms with Gasteiger partial charge >= 0.3 is 5.97 Å². The van der Waals surface area contributed by atoms with Crippen LogP contribution in [0.5, 0.6) is 0 Å². The second kappa shape index (κ2) is 7.47. The van der Waals surface area contributed by atoms with Crippen molar-refractivity contribution in [1.29, 1.82) is 0 Å². The summed E-state index contributed by atoms with van der Waals surface area (Å²) in [6.07, 6.45) is 4.50. The van der Waals surface area contributed by atoms with Crippen molar-refractivity contribution in [3.05, 3.63) is 34.3 Å². The van der Waals surface area contributed by atoms with Crippen LogP contribution in [-0.2, 0) is 21.5 Å². The van der Waals surface area contributed by atoms with Gasteiger partial charge in [-0.25, -0.2) is 0 Å². The van der Waals surface area contributed by atoms with Gasteiger partial charge in [0.2, 0.25) is 0 Å². The van der Waals surface area contributed by atoms with E-state index in [2.05, 4.69) is 24.9 Å². The Morgan fingerprint density at radius 3 is 2.86 bits per heavy atom. The van der Waals surface area contributed by atoms with Gasteiger partial charge in [-0.3, -0.25) is 9.69 Å². The number of unbranched alkanes of at least 4 members (excludes halogenated alkanes) is 1. The third-order valence-electron chi connectivity index (χ3n) is 4.73. The lowest BCUT2D eigenvalue weighted by Gasteiger charge is -2.39. The summed E-state index contributed by atoms with van der Waals surface area (Å²) in [5.74, 6) is -0.126. The van der Waals surface area contributed by atoms with Crippen molar-refractivity contribution in [1.82, 2.24) is 4.90 Å². The van der Waals surface area contributed by atoms with E-state index in [1.807, 2.05) is 19.1 Å². The van der Waals surface area contributed by atoms with Crippen LogP contribution >= 0.6 is 11.6 Å². The summed E-state index contributed by atoms with van der Waals surface area (Å²) in [7, 11) is 2.12. The van der Waals surface area contributed by atoms with Crippen LogP contribution in [0.4, 0.5) is 0 Å². The highest BCUT2D eigenvalue weighted by molar-refractivity contribution is 6.31. The van der Waals surface area contributed by atoms with E-state index in [-0.39, 0.29) is 11.5 Å². The lowest BCUT2D eigenvalue weighted by Crippen LogP contribution is -2.44. The Hall–Kier alpha value is -1.06. The Labute approximate surface area is 138 Å². The topological polar surface area (TPSA) is 29.5 Å². The number of nitrogens with zero attached hydrogens (tertiary/aromatic N) is 1. The summed E-state index contributed by atoms with van der Waals surface area (Å²) in [6, 6.07) is 6.04. The lowest BCUT2D eigenvalue weighted by atomic mass is 9.86. The smallest absolute Gasteiger partial charge is 0.308 e. The Kier molecular flexibility index (Phi) is 5.87. The van der Waals surface area contributed by atoms with Crippen LogP contribution in [0.2, 0.25) is 5.02 Å². The highest BCUT2D eigenvalue weighted by Gasteiger charge is 2.44. The summed E-state index contributed by atoms with van der Waals surface area (Å²) in [4.78, 5) is 14.5. The maximum atomic E-state index is 12.2. The number of ether oxygens (including phenoxy) is 1. The van der Waals surface area contributed by atoms with Gasteiger partial charge in [0.1, 0.15) is 0 Å². The zero-order chi connectivity index (χ0) is 16.2. The van der Waals surface area contributed by atoms with E-state index in [9.17, 15) is 4.79 Å². The molecule has 122 valence electrons. The SMILES string of the molecule is CCCCN(C)[C@]1(CC(=O)OCC)CCc2c(Cl)cccc21. The largest absolute Gasteiger partial charge is 0.466 e. The Morgan fingerprint density at radius 2 is 2.18 bits per heavy atom. The maximum Gasteiger partial charge on any atom is 0.308 e. The number of hydrogen-bond donors (Lipinski definition) is 0. The van der Waals surface area contributed by atoms with E-state index >= 15 is 0 Å². The molecule has 0 amide bonds. The summed E-state index contributed by atoms with van der Waals surface area (Å²) in [6.45, 7) is 5.44. The molecular formula is C18H26ClNO2. The van der Waals surface area contributed by atoms with Crippen LogP contribution in [0.1, 0.15) is 50.7 Å². The number of fused-ring (bicyclic) bond motifs is 1. The van der Waals surface area contributed by atoms with Crippen LogP contribution < -0.4 is 0 Å². The van der Waals surface area contributed by atoms with Crippen molar-refractivity contribution in [3.63, 3.8) is 0 Å². The van der Waals surface area contributed by atoms with Crippen LogP contribution in [0.25, 0.3) is 0 Å². The van der Waals surface area contributed by atoms with Crippen molar-refractivity contribution in [2.75, 3.05) is 20.2 Å². The van der Waals surface area contributed by atoms with Crippen molar-refractivity contribution >= 4 is 17.6 Å². The average molecular weight is 324 g/mol. The molecular weight excluding hydrogens is 298 g/mol. The van der Waals surface area contributed by atoms with E-state index in [4.69, 9.17) is 16.3 Å². The molecule has 1 aliphatic carbocycles. The molecule has 3 nitrogen and oxygen atoms in total. The fourth-order valence-corrected chi connectivity index (χ4v) is 3.76. The fourth-order valence-electron chi connectivity index (χ4n) is 3.49. The van der Waals surface area contributed by atoms with Crippen molar-refractivity contribution in [2.45, 2.75) is 51.5 Å². The van der Waals surface area contributed by atoms with Gasteiger partial charge in [-0.05, 0) is 57.0 Å². The standard InChI is InChI=1S/C18H26ClNO2/c1-4-6-12-20(3)18(13-17(21)22-5-2)11-10-14-15(18)8-7-9-16(14)19/h7-9H,4-6,10-13H2,1-3H3/t18-/m0/s1. The second-order valence-electron chi connectivity index (χ2n) is 6.05. The molecule has 1 atom stereocenters. The molecule has 0 saturated heterocycles. The zero-order valence-electron chi connectivity index (χ0n) is 13.8. The number of esters is 1. The molecule has 0 radical (unpaired) electrons. The lowest BCUT2D eigenvalue weighted by molar-refractivity contribution is -0.146. The van der Waals surface area contributed by atoms with Gasteiger partial charge in [0.25, 0.3) is 0 Å². The molecule has 0 saturated carbocycles. The number of rotatable bonds is 7. The van der Waals surface area contributed by atoms with Gasteiger partial charge in [0, 0.05) is 5.02 Å². The molecule has 0 spiro atoms. The first-order chi connectivity index (χ1) is 10.5. The molecule has 0 fully saturated rings. The van der Waals surface area contributed by atoms with Gasteiger partial charge in [0.05, 0.1) is 18.6 Å². The summed E-state index contributed by atoms with van der Waals surface area (Å²) >= 11 is 6.37. The molecule has 2 rings (SSSR count). The molecule has 0 aliphatic heterocycles. The first-order valence-corrected chi connectivity index (χ1v) is 8.57. The normalized spacial score (nSPS) is 20.2. The van der Waals surface area contributed by atoms with E-state index in [0.29, 0.717) is 13.0 Å². The van der Waals surface area contributed by atoms with Gasteiger partial charge in [0.15, 0.2) is 0 Å². The van der Waals surface area contributed by atoms with Crippen LogP contribution in [0, 0.1) is 0 Å². The van der Waals surface area contributed by atoms with Gasteiger partial charge < -0.3 is 4.74 Å². The first-order valence-electron chi connectivity index (χ1n) is 8.20. The predicted molar refractivity (Wildman–Crippen MR) is 90.2 cm³/mol. The molecule has 4 heteroatoms. The minimum absolute atomic E-state index is 0.126. The number of carbonyl (C=O) groups excluding carboxylic acids is 1. The number of halogens is 1. The van der Waals surface area contributed by atoms with Crippen LogP contribution in [-0.4, -0.2) is 31.1 Å².